The van der Waals surface area contributed by atoms with Crippen LogP contribution < -0.4 is 16.2 Å². The zero-order valence-electron chi connectivity index (χ0n) is 13.8. The Hall–Kier alpha value is -2.67. The lowest BCUT2D eigenvalue weighted by Crippen LogP contribution is -2.29. The molecule has 3 aromatic rings. The number of carbonyl (C=O) groups excluding carboxylic acids is 1. The minimum Gasteiger partial charge on any atom is -0.444 e. The van der Waals surface area contributed by atoms with Crippen molar-refractivity contribution in [3.63, 3.8) is 0 Å². The Morgan fingerprint density at radius 2 is 2.08 bits per heavy atom. The zero-order chi connectivity index (χ0) is 17.9. The molecule has 132 valence electrons. The molecule has 7 heteroatoms. The summed E-state index contributed by atoms with van der Waals surface area (Å²) in [4.78, 5) is 16.7. The van der Waals surface area contributed by atoms with Crippen LogP contribution in [0.25, 0.3) is 11.3 Å². The van der Waals surface area contributed by atoms with Crippen LogP contribution in [0.1, 0.15) is 11.6 Å². The molecule has 1 aliphatic rings. The topological polar surface area (TPSA) is 79.2 Å². The molecule has 0 radical (unpaired) electrons. The van der Waals surface area contributed by atoms with Gasteiger partial charge in [0.05, 0.1) is 18.2 Å². The maximum Gasteiger partial charge on any atom is 0.230 e. The normalized spacial score (nSPS) is 19.4. The lowest BCUT2D eigenvalue weighted by Gasteiger charge is -2.18. The summed E-state index contributed by atoms with van der Waals surface area (Å²) < 4.78 is 5.31. The van der Waals surface area contributed by atoms with Gasteiger partial charge in [-0.05, 0) is 29.8 Å². The Balaban J connectivity index is 1.51. The van der Waals surface area contributed by atoms with Crippen LogP contribution in [-0.2, 0) is 4.79 Å². The van der Waals surface area contributed by atoms with E-state index in [1.165, 1.54) is 6.39 Å². The molecule has 0 bridgehead atoms. The number of halogens is 1. The first-order chi connectivity index (χ1) is 12.7. The minimum atomic E-state index is -0.245. The predicted octanol–water partition coefficient (Wildman–Crippen LogP) is 3.40. The van der Waals surface area contributed by atoms with E-state index in [0.29, 0.717) is 23.0 Å². The maximum absolute atomic E-state index is 12.8. The largest absolute Gasteiger partial charge is 0.444 e. The van der Waals surface area contributed by atoms with Crippen molar-refractivity contribution in [1.82, 2.24) is 15.8 Å². The van der Waals surface area contributed by atoms with Gasteiger partial charge in [-0.25, -0.2) is 10.4 Å². The van der Waals surface area contributed by atoms with Crippen LogP contribution >= 0.6 is 11.6 Å². The lowest BCUT2D eigenvalue weighted by molar-refractivity contribution is -0.119. The molecule has 2 heterocycles. The molecule has 0 spiro atoms. The van der Waals surface area contributed by atoms with Gasteiger partial charge >= 0.3 is 0 Å². The van der Waals surface area contributed by atoms with Gasteiger partial charge in [0.15, 0.2) is 12.2 Å². The van der Waals surface area contributed by atoms with Gasteiger partial charge in [0, 0.05) is 22.8 Å². The molecular weight excluding hydrogens is 352 g/mol. The van der Waals surface area contributed by atoms with E-state index in [2.05, 4.69) is 21.2 Å². The second-order valence-electron chi connectivity index (χ2n) is 6.10. The van der Waals surface area contributed by atoms with Crippen LogP contribution in [0.3, 0.4) is 0 Å². The second-order valence-corrected chi connectivity index (χ2v) is 6.53. The van der Waals surface area contributed by atoms with Gasteiger partial charge in [-0.2, -0.15) is 0 Å². The fourth-order valence-electron chi connectivity index (χ4n) is 3.07. The Labute approximate surface area is 155 Å². The van der Waals surface area contributed by atoms with E-state index < -0.39 is 0 Å². The van der Waals surface area contributed by atoms with E-state index in [1.54, 1.807) is 6.20 Å². The van der Waals surface area contributed by atoms with Crippen molar-refractivity contribution in [1.29, 1.82) is 0 Å². The van der Waals surface area contributed by atoms with Crippen LogP contribution in [0.4, 0.5) is 5.69 Å². The van der Waals surface area contributed by atoms with Gasteiger partial charge in [-0.1, -0.05) is 35.9 Å². The van der Waals surface area contributed by atoms with Gasteiger partial charge in [0.1, 0.15) is 0 Å². The minimum absolute atomic E-state index is 0.0582. The second kappa shape index (κ2) is 7.29. The molecule has 1 saturated heterocycles. The molecule has 0 aliphatic carbocycles. The number of aromatic nitrogens is 1. The number of carbonyl (C=O) groups is 1. The molecule has 1 amide bonds. The first-order valence-electron chi connectivity index (χ1n) is 8.24. The van der Waals surface area contributed by atoms with E-state index in [0.717, 1.165) is 11.1 Å². The van der Waals surface area contributed by atoms with Gasteiger partial charge < -0.3 is 9.73 Å². The van der Waals surface area contributed by atoms with E-state index in [4.69, 9.17) is 16.0 Å². The number of nitrogens with zero attached hydrogens (tertiary/aromatic N) is 1. The monoisotopic (exact) mass is 368 g/mol. The molecule has 2 aromatic carbocycles. The molecule has 2 atom stereocenters. The number of oxazole rings is 1. The summed E-state index contributed by atoms with van der Waals surface area (Å²) in [5.74, 6) is 0.353. The summed E-state index contributed by atoms with van der Waals surface area (Å²) in [6, 6.07) is 14.9. The number of benzene rings is 2. The summed E-state index contributed by atoms with van der Waals surface area (Å²) in [6.07, 6.45) is 3.02. The summed E-state index contributed by atoms with van der Waals surface area (Å²) in [5, 5.41) is 3.66. The standard InChI is InChI=1S/C19H17ClN4O2/c20-14-6-4-12(5-7-14)18-16(9-22-24-18)19(25)23-15-3-1-2-13(8-15)17-10-21-11-26-17/h1-8,10-11,16,18,22,24H,9H2,(H,23,25). The number of nitrogens with one attached hydrogen (secondary N) is 3. The zero-order valence-corrected chi connectivity index (χ0v) is 14.5. The van der Waals surface area contributed by atoms with Crippen molar-refractivity contribution in [2.24, 2.45) is 5.92 Å². The van der Waals surface area contributed by atoms with E-state index in [-0.39, 0.29) is 17.9 Å². The van der Waals surface area contributed by atoms with Crippen molar-refractivity contribution in [3.05, 3.63) is 71.7 Å². The van der Waals surface area contributed by atoms with Crippen molar-refractivity contribution < 1.29 is 9.21 Å². The SMILES string of the molecule is O=C(Nc1cccc(-c2cnco2)c1)C1CNNC1c1ccc(Cl)cc1. The molecule has 26 heavy (non-hydrogen) atoms. The average molecular weight is 369 g/mol. The van der Waals surface area contributed by atoms with Crippen LogP contribution in [-0.4, -0.2) is 17.4 Å². The number of amides is 1. The number of hydrazine groups is 1. The van der Waals surface area contributed by atoms with Gasteiger partial charge in [0.25, 0.3) is 0 Å². The molecule has 4 rings (SSSR count). The number of hydrogen-bond acceptors (Lipinski definition) is 5. The highest BCUT2D eigenvalue weighted by atomic mass is 35.5. The fraction of sp³-hybridized carbons (Fsp3) is 0.158. The smallest absolute Gasteiger partial charge is 0.230 e. The molecule has 1 fully saturated rings. The predicted molar refractivity (Wildman–Crippen MR) is 99.4 cm³/mol. The molecule has 3 N–H and O–H groups in total. The van der Waals surface area contributed by atoms with Crippen LogP contribution in [0, 0.1) is 5.92 Å². The first kappa shape index (κ1) is 16.8. The molecule has 0 saturated carbocycles. The summed E-state index contributed by atoms with van der Waals surface area (Å²) >= 11 is 5.95. The highest BCUT2D eigenvalue weighted by molar-refractivity contribution is 6.30. The maximum atomic E-state index is 12.8. The molecular formula is C19H17ClN4O2. The highest BCUT2D eigenvalue weighted by Gasteiger charge is 2.34. The third-order valence-electron chi connectivity index (χ3n) is 4.39. The number of anilines is 1. The summed E-state index contributed by atoms with van der Waals surface area (Å²) in [5.41, 5.74) is 8.82. The Morgan fingerprint density at radius 3 is 2.85 bits per heavy atom. The highest BCUT2D eigenvalue weighted by Crippen LogP contribution is 2.28. The molecule has 2 unspecified atom stereocenters. The first-order valence-corrected chi connectivity index (χ1v) is 8.62. The van der Waals surface area contributed by atoms with Crippen molar-refractivity contribution in [2.75, 3.05) is 11.9 Å². The van der Waals surface area contributed by atoms with Crippen molar-refractivity contribution in [3.8, 4) is 11.3 Å². The quantitative estimate of drug-likeness (QED) is 0.657. The Kier molecular flexibility index (Phi) is 4.71. The van der Waals surface area contributed by atoms with E-state index in [9.17, 15) is 4.79 Å². The molecule has 6 nitrogen and oxygen atoms in total. The van der Waals surface area contributed by atoms with E-state index >= 15 is 0 Å². The average Bonchev–Trinajstić information content (AvgIpc) is 3.35. The number of hydrogen-bond donors (Lipinski definition) is 3. The van der Waals surface area contributed by atoms with Gasteiger partial charge in [-0.3, -0.25) is 10.2 Å². The van der Waals surface area contributed by atoms with Gasteiger partial charge in [-0.15, -0.1) is 0 Å². The molecule has 1 aliphatic heterocycles. The lowest BCUT2D eigenvalue weighted by atomic mass is 9.94. The molecule has 1 aromatic heterocycles. The Morgan fingerprint density at radius 1 is 1.23 bits per heavy atom. The van der Waals surface area contributed by atoms with Crippen molar-refractivity contribution >= 4 is 23.2 Å². The van der Waals surface area contributed by atoms with Crippen LogP contribution in [0.2, 0.25) is 5.02 Å². The third kappa shape index (κ3) is 3.48. The van der Waals surface area contributed by atoms with Crippen LogP contribution in [0.5, 0.6) is 0 Å². The Bertz CT molecular complexity index is 896. The summed E-state index contributed by atoms with van der Waals surface area (Å²) in [7, 11) is 0. The van der Waals surface area contributed by atoms with Crippen LogP contribution in [0.15, 0.2) is 65.5 Å². The third-order valence-corrected chi connectivity index (χ3v) is 4.65. The van der Waals surface area contributed by atoms with E-state index in [1.807, 2.05) is 48.5 Å². The fourth-order valence-corrected chi connectivity index (χ4v) is 3.20. The van der Waals surface area contributed by atoms with Crippen molar-refractivity contribution in [2.45, 2.75) is 6.04 Å². The number of rotatable bonds is 4. The summed E-state index contributed by atoms with van der Waals surface area (Å²) in [6.45, 7) is 0.543. The van der Waals surface area contributed by atoms with Gasteiger partial charge in [0.2, 0.25) is 5.91 Å².